The van der Waals surface area contributed by atoms with E-state index in [1.165, 1.54) is 25.7 Å². The number of fused-ring (bicyclic) bond motifs is 10. The fourth-order valence-electron chi connectivity index (χ4n) is 7.57. The summed E-state index contributed by atoms with van der Waals surface area (Å²) in [7, 11) is 0. The first-order chi connectivity index (χ1) is 25.3. The molecular weight excluding hydrogens is 647 g/mol. The van der Waals surface area contributed by atoms with E-state index in [1.54, 1.807) is 12.4 Å². The molecule has 0 unspecified atom stereocenters. The largest absolute Gasteiger partial charge is 0.307 e. The Kier molecular flexibility index (Phi) is 5.99. The van der Waals surface area contributed by atoms with E-state index in [2.05, 4.69) is 104 Å². The standard InChI is InChI=1S/C43H25N7S/c1-3-12-35-29(10-1)32-22-28(49-37-13-7-21-46-41(37)31-16-18-39-40(42(31)49)30-11-2-4-14-38(30)51-39)15-17-36(32)50(35)43-47-33(26-8-5-19-44-24-26)23-34(48-43)27-9-6-20-45-25-27/h1-25H. The lowest BCUT2D eigenvalue weighted by atomic mass is 10.1. The highest BCUT2D eigenvalue weighted by atomic mass is 32.1. The van der Waals surface area contributed by atoms with Crippen LogP contribution < -0.4 is 0 Å². The second-order valence-corrected chi connectivity index (χ2v) is 13.7. The summed E-state index contributed by atoms with van der Waals surface area (Å²) < 4.78 is 7.11. The zero-order chi connectivity index (χ0) is 33.5. The molecule has 7 aromatic heterocycles. The van der Waals surface area contributed by atoms with Crippen LogP contribution in [-0.4, -0.2) is 34.1 Å². The van der Waals surface area contributed by atoms with Gasteiger partial charge >= 0.3 is 0 Å². The maximum Gasteiger partial charge on any atom is 0.235 e. The topological polar surface area (TPSA) is 74.3 Å². The van der Waals surface area contributed by atoms with Crippen molar-refractivity contribution in [2.24, 2.45) is 0 Å². The van der Waals surface area contributed by atoms with Crippen molar-refractivity contribution in [2.45, 2.75) is 0 Å². The van der Waals surface area contributed by atoms with Crippen molar-refractivity contribution in [3.05, 3.63) is 152 Å². The van der Waals surface area contributed by atoms with Crippen LogP contribution in [0.15, 0.2) is 152 Å². The van der Waals surface area contributed by atoms with Gasteiger partial charge < -0.3 is 4.57 Å². The monoisotopic (exact) mass is 671 g/mol. The van der Waals surface area contributed by atoms with Crippen molar-refractivity contribution >= 4 is 75.3 Å². The Morgan fingerprint density at radius 3 is 1.98 bits per heavy atom. The van der Waals surface area contributed by atoms with Gasteiger partial charge in [0.2, 0.25) is 5.95 Å². The average Bonchev–Trinajstić information content (AvgIpc) is 3.86. The van der Waals surface area contributed by atoms with E-state index in [9.17, 15) is 0 Å². The van der Waals surface area contributed by atoms with Gasteiger partial charge in [-0.25, -0.2) is 9.97 Å². The van der Waals surface area contributed by atoms with Gasteiger partial charge in [-0.2, -0.15) is 0 Å². The Bertz CT molecular complexity index is 3080. The van der Waals surface area contributed by atoms with Crippen LogP contribution in [0.25, 0.3) is 98.1 Å². The molecule has 0 fully saturated rings. The zero-order valence-corrected chi connectivity index (χ0v) is 27.8. The maximum absolute atomic E-state index is 5.16. The Hall–Kier alpha value is -6.77. The van der Waals surface area contributed by atoms with Gasteiger partial charge in [0.05, 0.1) is 39.0 Å². The molecule has 238 valence electrons. The molecule has 0 atom stereocenters. The minimum atomic E-state index is 0.585. The number of hydrogen-bond acceptors (Lipinski definition) is 6. The molecule has 0 radical (unpaired) electrons. The molecular formula is C43H25N7S. The molecule has 8 heteroatoms. The predicted octanol–water partition coefficient (Wildman–Crippen LogP) is 10.6. The maximum atomic E-state index is 5.16. The lowest BCUT2D eigenvalue weighted by molar-refractivity contribution is 0.994. The minimum absolute atomic E-state index is 0.585. The van der Waals surface area contributed by atoms with Gasteiger partial charge in [-0.15, -0.1) is 11.3 Å². The highest BCUT2D eigenvalue weighted by molar-refractivity contribution is 7.26. The summed E-state index contributed by atoms with van der Waals surface area (Å²) in [6.07, 6.45) is 9.11. The summed E-state index contributed by atoms with van der Waals surface area (Å²) in [6.45, 7) is 0. The van der Waals surface area contributed by atoms with Gasteiger partial charge in [0.15, 0.2) is 0 Å². The van der Waals surface area contributed by atoms with Crippen LogP contribution in [-0.2, 0) is 0 Å². The number of pyridine rings is 3. The molecule has 11 aromatic rings. The smallest absolute Gasteiger partial charge is 0.235 e. The summed E-state index contributed by atoms with van der Waals surface area (Å²) in [6, 6.07) is 42.5. The van der Waals surface area contributed by atoms with Gasteiger partial charge in [0, 0.05) is 84.1 Å². The summed E-state index contributed by atoms with van der Waals surface area (Å²) in [4.78, 5) is 24.0. The first kappa shape index (κ1) is 28.1. The van der Waals surface area contributed by atoms with Crippen molar-refractivity contribution in [1.82, 2.24) is 34.1 Å². The van der Waals surface area contributed by atoms with Crippen LogP contribution in [0, 0.1) is 0 Å². The number of para-hydroxylation sites is 1. The molecule has 0 N–H and O–H groups in total. The SMILES string of the molecule is c1cncc(-c2cc(-c3cccnc3)nc(-n3c4ccccc4c4cc(-n5c6cccnc6c6ccc7sc8ccccc8c7c65)ccc43)n2)c1. The Morgan fingerprint density at radius 2 is 1.20 bits per heavy atom. The Morgan fingerprint density at radius 1 is 0.490 bits per heavy atom. The van der Waals surface area contributed by atoms with E-state index >= 15 is 0 Å². The van der Waals surface area contributed by atoms with E-state index in [-0.39, 0.29) is 0 Å². The van der Waals surface area contributed by atoms with E-state index in [4.69, 9.17) is 15.0 Å². The molecule has 0 aliphatic carbocycles. The molecule has 0 saturated carbocycles. The molecule has 4 aromatic carbocycles. The third-order valence-electron chi connectivity index (χ3n) is 9.77. The fraction of sp³-hybridized carbons (Fsp3) is 0. The Balaban J connectivity index is 1.21. The van der Waals surface area contributed by atoms with Crippen LogP contribution in [0.4, 0.5) is 0 Å². The van der Waals surface area contributed by atoms with Crippen LogP contribution in [0.2, 0.25) is 0 Å². The van der Waals surface area contributed by atoms with Crippen molar-refractivity contribution in [3.63, 3.8) is 0 Å². The quantitative estimate of drug-likeness (QED) is 0.186. The normalized spacial score (nSPS) is 11.9. The van der Waals surface area contributed by atoms with Gasteiger partial charge in [0.1, 0.15) is 0 Å². The summed E-state index contributed by atoms with van der Waals surface area (Å²) in [5.41, 5.74) is 9.78. The number of benzene rings is 4. The predicted molar refractivity (Wildman–Crippen MR) is 208 cm³/mol. The molecule has 0 aliphatic heterocycles. The van der Waals surface area contributed by atoms with Crippen molar-refractivity contribution in [2.75, 3.05) is 0 Å². The number of rotatable bonds is 4. The summed E-state index contributed by atoms with van der Waals surface area (Å²) >= 11 is 1.84. The minimum Gasteiger partial charge on any atom is -0.307 e. The van der Waals surface area contributed by atoms with Gasteiger partial charge in [-0.05, 0) is 84.9 Å². The molecule has 7 nitrogen and oxygen atoms in total. The van der Waals surface area contributed by atoms with Gasteiger partial charge in [0.25, 0.3) is 0 Å². The molecule has 7 heterocycles. The van der Waals surface area contributed by atoms with E-state index in [0.717, 1.165) is 66.4 Å². The highest BCUT2D eigenvalue weighted by Crippen LogP contribution is 2.43. The molecule has 0 spiro atoms. The van der Waals surface area contributed by atoms with Crippen LogP contribution in [0.3, 0.4) is 0 Å². The van der Waals surface area contributed by atoms with Crippen molar-refractivity contribution < 1.29 is 0 Å². The van der Waals surface area contributed by atoms with Crippen molar-refractivity contribution in [1.29, 1.82) is 0 Å². The molecule has 0 bridgehead atoms. The first-order valence-corrected chi connectivity index (χ1v) is 17.5. The number of nitrogens with zero attached hydrogens (tertiary/aromatic N) is 7. The highest BCUT2D eigenvalue weighted by Gasteiger charge is 2.21. The molecule has 11 rings (SSSR count). The number of aromatic nitrogens is 7. The molecule has 0 aliphatic rings. The number of hydrogen-bond donors (Lipinski definition) is 0. The van der Waals surface area contributed by atoms with Crippen molar-refractivity contribution in [3.8, 4) is 34.2 Å². The fourth-order valence-corrected chi connectivity index (χ4v) is 8.68. The van der Waals surface area contributed by atoms with Gasteiger partial charge in [-0.1, -0.05) is 36.4 Å². The van der Waals surface area contributed by atoms with E-state index in [0.29, 0.717) is 5.95 Å². The zero-order valence-electron chi connectivity index (χ0n) is 27.0. The average molecular weight is 672 g/mol. The van der Waals surface area contributed by atoms with Gasteiger partial charge in [-0.3, -0.25) is 19.5 Å². The third-order valence-corrected chi connectivity index (χ3v) is 10.9. The van der Waals surface area contributed by atoms with Crippen LogP contribution in [0.5, 0.6) is 0 Å². The summed E-state index contributed by atoms with van der Waals surface area (Å²) in [5.74, 6) is 0.585. The Labute approximate surface area is 294 Å². The second-order valence-electron chi connectivity index (χ2n) is 12.6. The number of thiophene rings is 1. The molecule has 0 saturated heterocycles. The summed E-state index contributed by atoms with van der Waals surface area (Å²) in [5, 5.41) is 5.91. The molecule has 0 amide bonds. The lowest BCUT2D eigenvalue weighted by Gasteiger charge is -2.12. The van der Waals surface area contributed by atoms with Crippen LogP contribution in [0.1, 0.15) is 0 Å². The van der Waals surface area contributed by atoms with E-state index in [1.807, 2.05) is 66.3 Å². The van der Waals surface area contributed by atoms with Crippen LogP contribution >= 0.6 is 11.3 Å². The lowest BCUT2D eigenvalue weighted by Crippen LogP contribution is -2.04. The van der Waals surface area contributed by atoms with E-state index < -0.39 is 0 Å². The third kappa shape index (κ3) is 4.20. The molecule has 51 heavy (non-hydrogen) atoms. The second kappa shape index (κ2) is 10.9. The first-order valence-electron chi connectivity index (χ1n) is 16.7.